The third-order valence-electron chi connectivity index (χ3n) is 4.88. The molecule has 1 aliphatic rings. The summed E-state index contributed by atoms with van der Waals surface area (Å²) in [6.45, 7) is 7.17. The van der Waals surface area contributed by atoms with Gasteiger partial charge in [-0.1, -0.05) is 37.9 Å². The van der Waals surface area contributed by atoms with E-state index in [-0.39, 0.29) is 5.91 Å². The van der Waals surface area contributed by atoms with Gasteiger partial charge in [0.05, 0.1) is 0 Å². The lowest BCUT2D eigenvalue weighted by molar-refractivity contribution is -0.128. The summed E-state index contributed by atoms with van der Waals surface area (Å²) in [4.78, 5) is 14.9. The number of carbonyl (C=O) groups excluding carboxylic acids is 1. The zero-order valence-corrected chi connectivity index (χ0v) is 16.2. The van der Waals surface area contributed by atoms with E-state index >= 15 is 0 Å². The second-order valence-electron chi connectivity index (χ2n) is 6.71. The number of benzene rings is 1. The Bertz CT molecular complexity index is 538. The van der Waals surface area contributed by atoms with Gasteiger partial charge < -0.3 is 15.0 Å². The van der Waals surface area contributed by atoms with Gasteiger partial charge in [0.25, 0.3) is 5.91 Å². The highest BCUT2D eigenvalue weighted by atomic mass is 35.5. The molecule has 1 fully saturated rings. The van der Waals surface area contributed by atoms with Crippen molar-refractivity contribution in [3.05, 3.63) is 29.3 Å². The molecule has 1 saturated heterocycles. The number of nitrogens with one attached hydrogen (secondary N) is 1. The van der Waals surface area contributed by atoms with E-state index < -0.39 is 6.10 Å². The maximum absolute atomic E-state index is 12.4. The van der Waals surface area contributed by atoms with Crippen LogP contribution in [0.15, 0.2) is 24.3 Å². The van der Waals surface area contributed by atoms with Crippen LogP contribution in [-0.4, -0.2) is 42.6 Å². The molecule has 1 aromatic rings. The van der Waals surface area contributed by atoms with Crippen molar-refractivity contribution in [2.45, 2.75) is 64.5 Å². The Labute approximate surface area is 156 Å². The number of nitrogens with zero attached hydrogens (tertiary/aromatic N) is 1. The van der Waals surface area contributed by atoms with Crippen molar-refractivity contribution in [1.82, 2.24) is 10.2 Å². The summed E-state index contributed by atoms with van der Waals surface area (Å²) in [6.07, 6.45) is 6.32. The molecule has 5 heteroatoms. The molecule has 0 spiro atoms. The van der Waals surface area contributed by atoms with Crippen molar-refractivity contribution in [1.29, 1.82) is 0 Å². The fraction of sp³-hybridized carbons (Fsp3) is 0.650. The Kier molecular flexibility index (Phi) is 8.56. The lowest BCUT2D eigenvalue weighted by atomic mass is 10.00. The van der Waals surface area contributed by atoms with Gasteiger partial charge in [-0.15, -0.1) is 0 Å². The molecule has 4 nitrogen and oxygen atoms in total. The quantitative estimate of drug-likeness (QED) is 0.663. The fourth-order valence-electron chi connectivity index (χ4n) is 3.45. The van der Waals surface area contributed by atoms with E-state index in [1.54, 1.807) is 12.1 Å². The minimum absolute atomic E-state index is 0.0480. The van der Waals surface area contributed by atoms with E-state index in [2.05, 4.69) is 17.1 Å². The molecule has 0 aromatic heterocycles. The molecule has 1 aromatic carbocycles. The average molecular weight is 367 g/mol. The highest BCUT2D eigenvalue weighted by Crippen LogP contribution is 2.20. The molecule has 25 heavy (non-hydrogen) atoms. The number of hydrogen-bond acceptors (Lipinski definition) is 3. The van der Waals surface area contributed by atoms with Crippen LogP contribution in [0, 0.1) is 0 Å². The minimum atomic E-state index is -0.475. The molecule has 1 N–H and O–H groups in total. The molecular weight excluding hydrogens is 336 g/mol. The molecule has 0 bridgehead atoms. The van der Waals surface area contributed by atoms with Gasteiger partial charge in [-0.25, -0.2) is 0 Å². The highest BCUT2D eigenvalue weighted by molar-refractivity contribution is 6.30. The molecule has 2 atom stereocenters. The third-order valence-corrected chi connectivity index (χ3v) is 5.11. The summed E-state index contributed by atoms with van der Waals surface area (Å²) in [5, 5.41) is 3.63. The van der Waals surface area contributed by atoms with E-state index in [0.29, 0.717) is 23.7 Å². The van der Waals surface area contributed by atoms with Crippen LogP contribution in [0.1, 0.15) is 52.4 Å². The molecule has 1 aliphatic heterocycles. The number of carbonyl (C=O) groups is 1. The number of piperidine rings is 1. The lowest BCUT2D eigenvalue weighted by Gasteiger charge is -2.35. The number of hydrogen-bond donors (Lipinski definition) is 1. The van der Waals surface area contributed by atoms with Crippen LogP contribution in [0.25, 0.3) is 0 Å². The molecule has 0 aliphatic carbocycles. The van der Waals surface area contributed by atoms with Crippen molar-refractivity contribution < 1.29 is 9.53 Å². The van der Waals surface area contributed by atoms with E-state index in [0.717, 1.165) is 19.0 Å². The predicted octanol–water partition coefficient (Wildman–Crippen LogP) is 4.27. The number of ether oxygens (including phenoxy) is 1. The van der Waals surface area contributed by atoms with E-state index in [4.69, 9.17) is 16.3 Å². The van der Waals surface area contributed by atoms with Gasteiger partial charge in [0.15, 0.2) is 6.10 Å². The van der Waals surface area contributed by atoms with Crippen LogP contribution in [0.5, 0.6) is 5.75 Å². The maximum Gasteiger partial charge on any atom is 0.261 e. The van der Waals surface area contributed by atoms with E-state index in [1.165, 1.54) is 32.2 Å². The fourth-order valence-corrected chi connectivity index (χ4v) is 3.63. The van der Waals surface area contributed by atoms with Crippen molar-refractivity contribution >= 4 is 17.5 Å². The summed E-state index contributed by atoms with van der Waals surface area (Å²) in [6, 6.07) is 7.89. The summed E-state index contributed by atoms with van der Waals surface area (Å²) in [7, 11) is 0. The van der Waals surface area contributed by atoms with Gasteiger partial charge in [-0.05, 0) is 56.8 Å². The standard InChI is InChI=1S/C20H31ClN2O2/c1-3-17-10-5-6-13-23(17)14-8-12-22-20(24)19(4-2)25-18-11-7-9-16(21)15-18/h7,9,11,15,17,19H,3-6,8,10,12-14H2,1-2H3,(H,22,24)/t17-,19-/m0/s1. The SMILES string of the molecule is CC[C@H]1CCCCN1CCCNC(=O)[C@H](CC)Oc1cccc(Cl)c1. The number of halogens is 1. The summed E-state index contributed by atoms with van der Waals surface area (Å²) >= 11 is 5.97. The first-order valence-corrected chi connectivity index (χ1v) is 9.95. The first kappa shape index (κ1) is 20.1. The van der Waals surface area contributed by atoms with Gasteiger partial charge in [0, 0.05) is 24.2 Å². The van der Waals surface area contributed by atoms with Crippen LogP contribution in [0.3, 0.4) is 0 Å². The second kappa shape index (κ2) is 10.7. The molecule has 1 heterocycles. The van der Waals surface area contributed by atoms with E-state index in [1.807, 2.05) is 19.1 Å². The monoisotopic (exact) mass is 366 g/mol. The van der Waals surface area contributed by atoms with Crippen LogP contribution < -0.4 is 10.1 Å². The first-order chi connectivity index (χ1) is 12.1. The first-order valence-electron chi connectivity index (χ1n) is 9.58. The zero-order chi connectivity index (χ0) is 18.1. The Morgan fingerprint density at radius 2 is 2.24 bits per heavy atom. The molecule has 2 rings (SSSR count). The smallest absolute Gasteiger partial charge is 0.261 e. The Morgan fingerprint density at radius 3 is 2.96 bits per heavy atom. The van der Waals surface area contributed by atoms with Crippen LogP contribution in [0.4, 0.5) is 0 Å². The van der Waals surface area contributed by atoms with Crippen LogP contribution >= 0.6 is 11.6 Å². The Morgan fingerprint density at radius 1 is 1.40 bits per heavy atom. The van der Waals surface area contributed by atoms with Crippen LogP contribution in [0.2, 0.25) is 5.02 Å². The van der Waals surface area contributed by atoms with Gasteiger partial charge in [0.2, 0.25) is 0 Å². The highest BCUT2D eigenvalue weighted by Gasteiger charge is 2.21. The van der Waals surface area contributed by atoms with Crippen molar-refractivity contribution in [2.24, 2.45) is 0 Å². The third kappa shape index (κ3) is 6.52. The number of likely N-dealkylation sites (tertiary alicyclic amines) is 1. The van der Waals surface area contributed by atoms with E-state index in [9.17, 15) is 4.79 Å². The topological polar surface area (TPSA) is 41.6 Å². The summed E-state index contributed by atoms with van der Waals surface area (Å²) < 4.78 is 5.78. The molecular formula is C20H31ClN2O2. The average Bonchev–Trinajstić information content (AvgIpc) is 2.63. The Balaban J connectivity index is 1.72. The summed E-state index contributed by atoms with van der Waals surface area (Å²) in [5.74, 6) is 0.585. The molecule has 1 amide bonds. The molecule has 140 valence electrons. The molecule has 0 unspecified atom stereocenters. The van der Waals surface area contributed by atoms with Crippen molar-refractivity contribution in [3.8, 4) is 5.75 Å². The lowest BCUT2D eigenvalue weighted by Crippen LogP contribution is -2.42. The molecule has 0 radical (unpaired) electrons. The van der Waals surface area contributed by atoms with Crippen LogP contribution in [-0.2, 0) is 4.79 Å². The normalized spacial score (nSPS) is 19.4. The van der Waals surface area contributed by atoms with Gasteiger partial charge >= 0.3 is 0 Å². The largest absolute Gasteiger partial charge is 0.481 e. The van der Waals surface area contributed by atoms with Crippen molar-refractivity contribution in [2.75, 3.05) is 19.6 Å². The van der Waals surface area contributed by atoms with Gasteiger partial charge in [0.1, 0.15) is 5.75 Å². The van der Waals surface area contributed by atoms with Gasteiger partial charge in [-0.2, -0.15) is 0 Å². The predicted molar refractivity (Wildman–Crippen MR) is 103 cm³/mol. The molecule has 0 saturated carbocycles. The number of rotatable bonds is 9. The number of amides is 1. The zero-order valence-electron chi connectivity index (χ0n) is 15.5. The van der Waals surface area contributed by atoms with Crippen molar-refractivity contribution in [3.63, 3.8) is 0 Å². The maximum atomic E-state index is 12.4. The Hall–Kier alpha value is -1.26. The second-order valence-corrected chi connectivity index (χ2v) is 7.15. The summed E-state index contributed by atoms with van der Waals surface area (Å²) in [5.41, 5.74) is 0. The van der Waals surface area contributed by atoms with Gasteiger partial charge in [-0.3, -0.25) is 4.79 Å². The minimum Gasteiger partial charge on any atom is -0.481 e.